The van der Waals surface area contributed by atoms with Crippen LogP contribution in [0, 0.1) is 18.2 Å². The molecule has 0 aliphatic carbocycles. The van der Waals surface area contributed by atoms with Crippen molar-refractivity contribution in [1.29, 1.82) is 0 Å². The van der Waals surface area contributed by atoms with E-state index in [9.17, 15) is 4.39 Å². The van der Waals surface area contributed by atoms with Gasteiger partial charge in [0.25, 0.3) is 0 Å². The van der Waals surface area contributed by atoms with Crippen LogP contribution in [-0.2, 0) is 0 Å². The molecule has 0 bridgehead atoms. The van der Waals surface area contributed by atoms with Crippen molar-refractivity contribution in [3.8, 4) is 28.8 Å². The van der Waals surface area contributed by atoms with Gasteiger partial charge in [-0.05, 0) is 24.5 Å². The molecule has 0 aliphatic heterocycles. The number of pyridine rings is 1. The Kier molecular flexibility index (Phi) is 6.64. The standard InChI is InChI=1S/C17H18FN3OS2/c1-5-7-21(12(2)6-8-23-4)17-15(22-3)20-16(24-17)13-9-14(18)11-19-10-13/h1,9-11H,2,6-8H2,3-4H3. The van der Waals surface area contributed by atoms with Gasteiger partial charge in [0.2, 0.25) is 5.88 Å². The molecule has 0 N–H and O–H groups in total. The average Bonchev–Trinajstić information content (AvgIpc) is 3.01. The minimum absolute atomic E-state index is 0.368. The Morgan fingerprint density at radius 1 is 1.54 bits per heavy atom. The first-order chi connectivity index (χ1) is 11.6. The summed E-state index contributed by atoms with van der Waals surface area (Å²) in [5.74, 6) is 3.62. The fourth-order valence-corrected chi connectivity index (χ4v) is 3.53. The molecule has 7 heteroatoms. The van der Waals surface area contributed by atoms with Crippen LogP contribution in [0.15, 0.2) is 30.7 Å². The molecule has 2 aromatic rings. The first kappa shape index (κ1) is 18.3. The number of rotatable bonds is 8. The van der Waals surface area contributed by atoms with Crippen molar-refractivity contribution in [3.63, 3.8) is 0 Å². The smallest absolute Gasteiger partial charge is 0.250 e. The third-order valence-electron chi connectivity index (χ3n) is 3.20. The van der Waals surface area contributed by atoms with Crippen molar-refractivity contribution < 1.29 is 9.13 Å². The number of aromatic nitrogens is 2. The summed E-state index contributed by atoms with van der Waals surface area (Å²) in [5, 5.41) is 1.38. The monoisotopic (exact) mass is 363 g/mol. The highest BCUT2D eigenvalue weighted by atomic mass is 32.2. The summed E-state index contributed by atoms with van der Waals surface area (Å²) in [6.45, 7) is 4.49. The number of anilines is 1. The molecule has 2 rings (SSSR count). The lowest BCUT2D eigenvalue weighted by Gasteiger charge is -2.23. The normalized spacial score (nSPS) is 10.2. The number of ether oxygens (including phenoxy) is 1. The Morgan fingerprint density at radius 3 is 2.96 bits per heavy atom. The molecule has 24 heavy (non-hydrogen) atoms. The average molecular weight is 363 g/mol. The molecule has 0 fully saturated rings. The number of thioether (sulfide) groups is 1. The third kappa shape index (κ3) is 4.28. The zero-order valence-electron chi connectivity index (χ0n) is 13.6. The van der Waals surface area contributed by atoms with Crippen molar-refractivity contribution in [2.75, 3.05) is 30.6 Å². The Balaban J connectivity index is 2.40. The predicted octanol–water partition coefficient (Wildman–Crippen LogP) is 4.06. The van der Waals surface area contributed by atoms with Gasteiger partial charge in [-0.3, -0.25) is 4.98 Å². The van der Waals surface area contributed by atoms with E-state index >= 15 is 0 Å². The molecule has 2 aromatic heterocycles. The molecular formula is C17H18FN3OS2. The second kappa shape index (κ2) is 8.71. The maximum atomic E-state index is 13.4. The predicted molar refractivity (Wildman–Crippen MR) is 100 cm³/mol. The molecule has 4 nitrogen and oxygen atoms in total. The van der Waals surface area contributed by atoms with Gasteiger partial charge in [0.1, 0.15) is 10.8 Å². The number of hydrogen-bond acceptors (Lipinski definition) is 6. The maximum Gasteiger partial charge on any atom is 0.250 e. The molecule has 0 radical (unpaired) electrons. The first-order valence-electron chi connectivity index (χ1n) is 7.14. The number of nitrogens with zero attached hydrogens (tertiary/aromatic N) is 3. The number of terminal acetylenes is 1. The topological polar surface area (TPSA) is 38.2 Å². The molecular weight excluding hydrogens is 345 g/mol. The Bertz CT molecular complexity index is 755. The summed E-state index contributed by atoms with van der Waals surface area (Å²) < 4.78 is 18.8. The number of halogens is 1. The highest BCUT2D eigenvalue weighted by Crippen LogP contribution is 2.41. The van der Waals surface area contributed by atoms with Crippen molar-refractivity contribution in [2.24, 2.45) is 0 Å². The molecule has 0 aromatic carbocycles. The summed E-state index contributed by atoms with van der Waals surface area (Å²) in [6, 6.07) is 1.39. The van der Waals surface area contributed by atoms with E-state index in [0.29, 0.717) is 23.0 Å². The summed E-state index contributed by atoms with van der Waals surface area (Å²) in [5.41, 5.74) is 1.49. The Hall–Kier alpha value is -2.04. The highest BCUT2D eigenvalue weighted by Gasteiger charge is 2.21. The number of methoxy groups -OCH3 is 1. The molecule has 0 saturated carbocycles. The lowest BCUT2D eigenvalue weighted by atomic mass is 10.3. The van der Waals surface area contributed by atoms with Gasteiger partial charge in [-0.25, -0.2) is 4.39 Å². The number of hydrogen-bond donors (Lipinski definition) is 0. The van der Waals surface area contributed by atoms with E-state index in [2.05, 4.69) is 22.5 Å². The molecule has 0 amide bonds. The van der Waals surface area contributed by atoms with Gasteiger partial charge in [-0.1, -0.05) is 23.8 Å². The third-order valence-corrected chi connectivity index (χ3v) is 4.92. The van der Waals surface area contributed by atoms with Crippen LogP contribution in [0.2, 0.25) is 0 Å². The Labute approximate surface area is 149 Å². The van der Waals surface area contributed by atoms with Gasteiger partial charge in [-0.2, -0.15) is 16.7 Å². The van der Waals surface area contributed by atoms with Crippen molar-refractivity contribution in [2.45, 2.75) is 6.42 Å². The van der Waals surface area contributed by atoms with E-state index in [4.69, 9.17) is 11.2 Å². The van der Waals surface area contributed by atoms with Crippen LogP contribution in [0.25, 0.3) is 10.6 Å². The first-order valence-corrected chi connectivity index (χ1v) is 9.35. The van der Waals surface area contributed by atoms with E-state index in [1.807, 2.05) is 11.2 Å². The van der Waals surface area contributed by atoms with E-state index in [1.54, 1.807) is 25.1 Å². The summed E-state index contributed by atoms with van der Waals surface area (Å²) >= 11 is 3.12. The van der Waals surface area contributed by atoms with Crippen LogP contribution in [0.5, 0.6) is 5.88 Å². The largest absolute Gasteiger partial charge is 0.479 e. The molecule has 0 atom stereocenters. The lowest BCUT2D eigenvalue weighted by molar-refractivity contribution is 0.401. The summed E-state index contributed by atoms with van der Waals surface area (Å²) in [6.07, 6.45) is 11.1. The SMILES string of the molecule is C#CCN(C(=C)CCSC)c1sc(-c2cncc(F)c2)nc1OC. The lowest BCUT2D eigenvalue weighted by Crippen LogP contribution is -2.22. The van der Waals surface area contributed by atoms with E-state index < -0.39 is 5.82 Å². The molecule has 0 aliphatic rings. The fourth-order valence-electron chi connectivity index (χ4n) is 2.03. The molecule has 0 spiro atoms. The molecule has 0 unspecified atom stereocenters. The van der Waals surface area contributed by atoms with Gasteiger partial charge >= 0.3 is 0 Å². The number of thiazole rings is 1. The van der Waals surface area contributed by atoms with Crippen LogP contribution in [-0.4, -0.2) is 35.6 Å². The Morgan fingerprint density at radius 2 is 2.33 bits per heavy atom. The minimum atomic E-state index is -0.409. The van der Waals surface area contributed by atoms with Crippen molar-refractivity contribution >= 4 is 28.1 Å². The minimum Gasteiger partial charge on any atom is -0.479 e. The van der Waals surface area contributed by atoms with Crippen LogP contribution < -0.4 is 9.64 Å². The van der Waals surface area contributed by atoms with Gasteiger partial charge in [0.15, 0.2) is 5.00 Å². The zero-order valence-corrected chi connectivity index (χ0v) is 15.2. The van der Waals surface area contributed by atoms with Crippen LogP contribution in [0.3, 0.4) is 0 Å². The second-order valence-electron chi connectivity index (χ2n) is 4.82. The second-order valence-corrected chi connectivity index (χ2v) is 6.79. The van der Waals surface area contributed by atoms with Gasteiger partial charge < -0.3 is 9.64 Å². The van der Waals surface area contributed by atoms with Gasteiger partial charge in [0, 0.05) is 17.5 Å². The molecule has 2 heterocycles. The maximum absolute atomic E-state index is 13.4. The van der Waals surface area contributed by atoms with E-state index in [0.717, 1.165) is 29.1 Å². The fraction of sp³-hybridized carbons (Fsp3) is 0.294. The summed E-state index contributed by atoms with van der Waals surface area (Å²) in [4.78, 5) is 10.2. The number of allylic oxidation sites excluding steroid dienone is 1. The quantitative estimate of drug-likeness (QED) is 0.661. The molecule has 0 saturated heterocycles. The van der Waals surface area contributed by atoms with Gasteiger partial charge in [0.05, 0.1) is 19.9 Å². The van der Waals surface area contributed by atoms with E-state index in [1.165, 1.54) is 17.4 Å². The van der Waals surface area contributed by atoms with Crippen LogP contribution in [0.4, 0.5) is 9.39 Å². The molecule has 126 valence electrons. The van der Waals surface area contributed by atoms with E-state index in [-0.39, 0.29) is 0 Å². The summed E-state index contributed by atoms with van der Waals surface area (Å²) in [7, 11) is 1.55. The van der Waals surface area contributed by atoms with Crippen molar-refractivity contribution in [1.82, 2.24) is 9.97 Å². The highest BCUT2D eigenvalue weighted by molar-refractivity contribution is 7.98. The zero-order chi connectivity index (χ0) is 17.5. The van der Waals surface area contributed by atoms with Crippen LogP contribution >= 0.6 is 23.1 Å². The van der Waals surface area contributed by atoms with Gasteiger partial charge in [-0.15, -0.1) is 6.42 Å². The van der Waals surface area contributed by atoms with Crippen LogP contribution in [0.1, 0.15) is 6.42 Å². The van der Waals surface area contributed by atoms with Crippen molar-refractivity contribution in [3.05, 3.63) is 36.6 Å².